The summed E-state index contributed by atoms with van der Waals surface area (Å²) in [5, 5.41) is 9.89. The summed E-state index contributed by atoms with van der Waals surface area (Å²) in [4.78, 5) is 8.32. The van der Waals surface area contributed by atoms with Crippen LogP contribution in [0.4, 0.5) is 20.3 Å². The molecule has 0 amide bonds. The molecular weight excluding hydrogens is 306 g/mol. The lowest BCUT2D eigenvalue weighted by Crippen LogP contribution is -2.05. The third kappa shape index (κ3) is 3.39. The van der Waals surface area contributed by atoms with Crippen molar-refractivity contribution in [2.24, 2.45) is 0 Å². The Morgan fingerprint density at radius 3 is 2.70 bits per heavy atom. The molecular formula is C14H12F2N6O. The SMILES string of the molecule is Nc1cccnc1NCc1ccc(-c2nnc(C(F)F)o2)cn1. The predicted molar refractivity (Wildman–Crippen MR) is 78.5 cm³/mol. The molecule has 0 atom stereocenters. The molecule has 7 nitrogen and oxygen atoms in total. The number of hydrogen-bond acceptors (Lipinski definition) is 7. The van der Waals surface area contributed by atoms with E-state index in [1.807, 2.05) is 0 Å². The molecule has 0 spiro atoms. The van der Waals surface area contributed by atoms with Gasteiger partial charge in [-0.2, -0.15) is 8.78 Å². The van der Waals surface area contributed by atoms with Crippen LogP contribution >= 0.6 is 0 Å². The van der Waals surface area contributed by atoms with Crippen LogP contribution in [-0.4, -0.2) is 20.2 Å². The zero-order chi connectivity index (χ0) is 16.2. The van der Waals surface area contributed by atoms with Gasteiger partial charge in [0.05, 0.1) is 23.5 Å². The van der Waals surface area contributed by atoms with Crippen molar-refractivity contribution in [2.45, 2.75) is 13.0 Å². The molecule has 0 saturated heterocycles. The van der Waals surface area contributed by atoms with Crippen molar-refractivity contribution < 1.29 is 13.2 Å². The minimum absolute atomic E-state index is 0.00118. The van der Waals surface area contributed by atoms with Gasteiger partial charge in [0.25, 0.3) is 5.89 Å². The van der Waals surface area contributed by atoms with Gasteiger partial charge in [0.2, 0.25) is 5.89 Å². The molecule has 0 aliphatic rings. The maximum atomic E-state index is 12.4. The molecule has 0 aliphatic heterocycles. The highest BCUT2D eigenvalue weighted by Crippen LogP contribution is 2.22. The molecule has 0 bridgehead atoms. The number of anilines is 2. The number of nitrogen functional groups attached to an aromatic ring is 1. The van der Waals surface area contributed by atoms with Crippen LogP contribution in [0.2, 0.25) is 0 Å². The molecule has 3 heterocycles. The van der Waals surface area contributed by atoms with Gasteiger partial charge in [-0.25, -0.2) is 4.98 Å². The Morgan fingerprint density at radius 1 is 1.17 bits per heavy atom. The number of hydrogen-bond donors (Lipinski definition) is 2. The molecule has 9 heteroatoms. The van der Waals surface area contributed by atoms with Crippen molar-refractivity contribution in [3.8, 4) is 11.5 Å². The standard InChI is InChI=1S/C14H12F2N6O/c15-11(16)14-22-21-13(23-14)8-3-4-9(19-6-8)7-20-12-10(17)2-1-5-18-12/h1-6,11H,7,17H2,(H,18,20). The molecule has 0 fully saturated rings. The smallest absolute Gasteiger partial charge is 0.314 e. The van der Waals surface area contributed by atoms with Crippen LogP contribution in [-0.2, 0) is 6.54 Å². The number of rotatable bonds is 5. The number of nitrogens with two attached hydrogens (primary N) is 1. The van der Waals surface area contributed by atoms with E-state index in [0.29, 0.717) is 29.3 Å². The van der Waals surface area contributed by atoms with Crippen LogP contribution < -0.4 is 11.1 Å². The maximum absolute atomic E-state index is 12.4. The van der Waals surface area contributed by atoms with Crippen LogP contribution in [0.15, 0.2) is 41.1 Å². The third-order valence-electron chi connectivity index (χ3n) is 2.97. The monoisotopic (exact) mass is 318 g/mol. The lowest BCUT2D eigenvalue weighted by molar-refractivity contribution is 0.116. The Hall–Kier alpha value is -3.10. The Balaban J connectivity index is 1.68. The van der Waals surface area contributed by atoms with Crippen LogP contribution in [0.25, 0.3) is 11.5 Å². The minimum Gasteiger partial charge on any atom is -0.415 e. The molecule has 0 radical (unpaired) electrons. The fourth-order valence-corrected chi connectivity index (χ4v) is 1.83. The Labute approximate surface area is 129 Å². The van der Waals surface area contributed by atoms with Crippen molar-refractivity contribution in [1.82, 2.24) is 20.2 Å². The van der Waals surface area contributed by atoms with Crippen molar-refractivity contribution in [1.29, 1.82) is 0 Å². The van der Waals surface area contributed by atoms with Gasteiger partial charge >= 0.3 is 6.43 Å². The number of pyridine rings is 2. The summed E-state index contributed by atoms with van der Waals surface area (Å²) >= 11 is 0. The highest BCUT2D eigenvalue weighted by molar-refractivity contribution is 5.60. The van der Waals surface area contributed by atoms with E-state index in [-0.39, 0.29) is 5.89 Å². The van der Waals surface area contributed by atoms with E-state index in [1.54, 1.807) is 30.5 Å². The molecule has 0 unspecified atom stereocenters. The van der Waals surface area contributed by atoms with E-state index in [9.17, 15) is 8.78 Å². The summed E-state index contributed by atoms with van der Waals surface area (Å²) < 4.78 is 29.7. The van der Waals surface area contributed by atoms with Crippen LogP contribution in [0.5, 0.6) is 0 Å². The number of alkyl halides is 2. The first kappa shape index (κ1) is 14.8. The van der Waals surface area contributed by atoms with Gasteiger partial charge in [0.1, 0.15) is 5.82 Å². The Bertz CT molecular complexity index is 790. The number of aromatic nitrogens is 4. The van der Waals surface area contributed by atoms with Crippen LogP contribution in [0, 0.1) is 0 Å². The third-order valence-corrected chi connectivity index (χ3v) is 2.97. The first-order valence-electron chi connectivity index (χ1n) is 6.64. The summed E-state index contributed by atoms with van der Waals surface area (Å²) in [6.07, 6.45) is 0.309. The van der Waals surface area contributed by atoms with Gasteiger partial charge < -0.3 is 15.5 Å². The molecule has 23 heavy (non-hydrogen) atoms. The highest BCUT2D eigenvalue weighted by atomic mass is 19.3. The van der Waals surface area contributed by atoms with Crippen LogP contribution in [0.1, 0.15) is 18.0 Å². The maximum Gasteiger partial charge on any atom is 0.314 e. The van der Waals surface area contributed by atoms with Gasteiger partial charge in [0.15, 0.2) is 0 Å². The van der Waals surface area contributed by atoms with Gasteiger partial charge in [-0.05, 0) is 24.3 Å². The van der Waals surface area contributed by atoms with Gasteiger partial charge in [0, 0.05) is 12.4 Å². The molecule has 3 rings (SSSR count). The average Bonchev–Trinajstić information content (AvgIpc) is 3.05. The number of nitrogens with zero attached hydrogens (tertiary/aromatic N) is 4. The molecule has 0 saturated carbocycles. The van der Waals surface area contributed by atoms with E-state index < -0.39 is 12.3 Å². The summed E-state index contributed by atoms with van der Waals surface area (Å²) in [5.74, 6) is -0.144. The van der Waals surface area contributed by atoms with E-state index in [0.717, 1.165) is 0 Å². The minimum atomic E-state index is -2.79. The Kier molecular flexibility index (Phi) is 4.09. The van der Waals surface area contributed by atoms with E-state index >= 15 is 0 Å². The first-order chi connectivity index (χ1) is 11.1. The molecule has 0 aliphatic carbocycles. The van der Waals surface area contributed by atoms with E-state index in [4.69, 9.17) is 10.2 Å². The van der Waals surface area contributed by atoms with E-state index in [2.05, 4.69) is 25.5 Å². The fraction of sp³-hybridized carbons (Fsp3) is 0.143. The van der Waals surface area contributed by atoms with Gasteiger partial charge in [-0.15, -0.1) is 10.2 Å². The number of halogens is 2. The molecule has 0 aromatic carbocycles. The summed E-state index contributed by atoms with van der Waals surface area (Å²) in [6.45, 7) is 0.410. The Morgan fingerprint density at radius 2 is 2.04 bits per heavy atom. The van der Waals surface area contributed by atoms with E-state index in [1.165, 1.54) is 6.20 Å². The average molecular weight is 318 g/mol. The summed E-state index contributed by atoms with van der Waals surface area (Å²) in [7, 11) is 0. The first-order valence-corrected chi connectivity index (χ1v) is 6.64. The molecule has 3 N–H and O–H groups in total. The zero-order valence-electron chi connectivity index (χ0n) is 11.8. The van der Waals surface area contributed by atoms with Gasteiger partial charge in [-0.1, -0.05) is 0 Å². The van der Waals surface area contributed by atoms with Gasteiger partial charge in [-0.3, -0.25) is 4.98 Å². The number of nitrogens with one attached hydrogen (secondary N) is 1. The molecule has 118 valence electrons. The second-order valence-electron chi connectivity index (χ2n) is 4.58. The van der Waals surface area contributed by atoms with Crippen molar-refractivity contribution in [2.75, 3.05) is 11.1 Å². The summed E-state index contributed by atoms with van der Waals surface area (Å²) in [6, 6.07) is 6.86. The van der Waals surface area contributed by atoms with Crippen LogP contribution in [0.3, 0.4) is 0 Å². The molecule has 3 aromatic rings. The fourth-order valence-electron chi connectivity index (χ4n) is 1.83. The highest BCUT2D eigenvalue weighted by Gasteiger charge is 2.17. The second kappa shape index (κ2) is 6.34. The molecule has 3 aromatic heterocycles. The summed E-state index contributed by atoms with van der Waals surface area (Å²) in [5.41, 5.74) is 7.49. The normalized spacial score (nSPS) is 10.9. The van der Waals surface area contributed by atoms with Crippen molar-refractivity contribution >= 4 is 11.5 Å². The topological polar surface area (TPSA) is 103 Å². The lowest BCUT2D eigenvalue weighted by atomic mass is 10.2. The largest absolute Gasteiger partial charge is 0.415 e. The van der Waals surface area contributed by atoms with Crippen molar-refractivity contribution in [3.05, 3.63) is 48.2 Å². The zero-order valence-corrected chi connectivity index (χ0v) is 11.8. The quantitative estimate of drug-likeness (QED) is 0.745. The second-order valence-corrected chi connectivity index (χ2v) is 4.58. The lowest BCUT2D eigenvalue weighted by Gasteiger charge is -2.07. The van der Waals surface area contributed by atoms with Crippen molar-refractivity contribution in [3.63, 3.8) is 0 Å². The predicted octanol–water partition coefficient (Wildman–Crippen LogP) is 2.66.